The predicted molar refractivity (Wildman–Crippen MR) is 134 cm³/mol. The topological polar surface area (TPSA) is 105 Å². The summed E-state index contributed by atoms with van der Waals surface area (Å²) in [7, 11) is 0.103. The molecule has 3 aromatic rings. The summed E-state index contributed by atoms with van der Waals surface area (Å²) in [6, 6.07) is 11.3. The van der Waals surface area contributed by atoms with Gasteiger partial charge in [0, 0.05) is 44.3 Å². The van der Waals surface area contributed by atoms with Crippen molar-refractivity contribution in [3.63, 3.8) is 0 Å². The molecule has 188 valence electrons. The molecule has 2 aliphatic heterocycles. The van der Waals surface area contributed by atoms with Crippen LogP contribution in [0.1, 0.15) is 24.8 Å². The summed E-state index contributed by atoms with van der Waals surface area (Å²) in [5.41, 5.74) is 3.30. The number of hydrogen-bond donors (Lipinski definition) is 1. The Morgan fingerprint density at radius 1 is 1.20 bits per heavy atom. The van der Waals surface area contributed by atoms with Crippen LogP contribution in [0.2, 0.25) is 0 Å². The van der Waals surface area contributed by atoms with Crippen molar-refractivity contribution in [2.24, 2.45) is 0 Å². The maximum Gasteiger partial charge on any atom is 0.290 e. The van der Waals surface area contributed by atoms with Crippen LogP contribution in [0.15, 0.2) is 53.7 Å². The van der Waals surface area contributed by atoms with E-state index in [1.807, 2.05) is 18.2 Å². The van der Waals surface area contributed by atoms with Crippen LogP contribution in [-0.4, -0.2) is 79.8 Å². The first-order valence-corrected chi connectivity index (χ1v) is 13.2. The maximum atomic E-state index is 13.7. The Balaban J connectivity index is 0.000000917. The van der Waals surface area contributed by atoms with Crippen molar-refractivity contribution in [2.75, 3.05) is 38.7 Å². The number of pyridine rings is 1. The summed E-state index contributed by atoms with van der Waals surface area (Å²) in [5.74, 6) is 0. The molecule has 2 saturated heterocycles. The van der Waals surface area contributed by atoms with Crippen molar-refractivity contribution >= 4 is 33.2 Å². The summed E-state index contributed by atoms with van der Waals surface area (Å²) >= 11 is 0. The monoisotopic (exact) mass is 500 g/mol. The number of aromatic nitrogens is 2. The van der Waals surface area contributed by atoms with E-state index < -0.39 is 10.0 Å². The van der Waals surface area contributed by atoms with Gasteiger partial charge in [0.2, 0.25) is 0 Å². The van der Waals surface area contributed by atoms with E-state index >= 15 is 0 Å². The molecule has 0 aliphatic carbocycles. The molecule has 2 aliphatic rings. The number of anilines is 1. The van der Waals surface area contributed by atoms with Crippen molar-refractivity contribution in [3.8, 4) is 0 Å². The Labute approximate surface area is 206 Å². The van der Waals surface area contributed by atoms with E-state index in [0.29, 0.717) is 16.5 Å². The van der Waals surface area contributed by atoms with Gasteiger partial charge in [0.05, 0.1) is 22.0 Å². The maximum absolute atomic E-state index is 13.7. The molecule has 0 radical (unpaired) electrons. The SMILES string of the molecule is CO[C@H]1CCN(c2cccc(S(=O)(=O)n3cc(C[C@H]4CCCN4C)c4ncccc43)c2)C1.O=CO. The van der Waals surface area contributed by atoms with Crippen LogP contribution < -0.4 is 4.90 Å². The molecule has 1 N–H and O–H groups in total. The first-order valence-electron chi connectivity index (χ1n) is 11.8. The highest BCUT2D eigenvalue weighted by atomic mass is 32.2. The van der Waals surface area contributed by atoms with Gasteiger partial charge in [-0.2, -0.15) is 0 Å². The highest BCUT2D eigenvalue weighted by molar-refractivity contribution is 7.90. The first kappa shape index (κ1) is 25.2. The summed E-state index contributed by atoms with van der Waals surface area (Å²) in [4.78, 5) is 17.7. The standard InChI is InChI=1S/C24H30N4O3S.CH2O2/c1-26-12-5-7-19(26)14-18-16-28(23-9-4-11-25-24(18)23)32(29,30)22-8-3-6-20(15-22)27-13-10-21(17-27)31-2;2-1-3/h3-4,6,8-9,11,15-16,19,21H,5,7,10,12-14,17H2,1-2H3;1H,(H,2,3)/t19-,21+;/m1./s1. The van der Waals surface area contributed by atoms with Gasteiger partial charge in [-0.05, 0) is 75.2 Å². The van der Waals surface area contributed by atoms with Crippen LogP contribution in [0, 0.1) is 0 Å². The Bertz CT molecular complexity index is 1280. The number of carbonyl (C=O) groups is 1. The fraction of sp³-hybridized carbons (Fsp3) is 0.440. The number of rotatable bonds is 6. The Morgan fingerprint density at radius 3 is 2.69 bits per heavy atom. The second-order valence-electron chi connectivity index (χ2n) is 9.00. The van der Waals surface area contributed by atoms with Gasteiger partial charge in [0.1, 0.15) is 0 Å². The van der Waals surface area contributed by atoms with Crippen molar-refractivity contribution in [2.45, 2.75) is 42.7 Å². The van der Waals surface area contributed by atoms with Crippen LogP contribution in [-0.2, 0) is 26.0 Å². The zero-order valence-corrected chi connectivity index (χ0v) is 20.9. The molecule has 0 amide bonds. The van der Waals surface area contributed by atoms with Crippen molar-refractivity contribution in [3.05, 3.63) is 54.4 Å². The molecule has 2 fully saturated rings. The van der Waals surface area contributed by atoms with Crippen LogP contribution in [0.4, 0.5) is 5.69 Å². The van der Waals surface area contributed by atoms with Gasteiger partial charge >= 0.3 is 0 Å². The van der Waals surface area contributed by atoms with Crippen LogP contribution in [0.5, 0.6) is 0 Å². The third kappa shape index (κ3) is 5.19. The Hall–Kier alpha value is -2.95. The minimum atomic E-state index is -3.76. The molecule has 0 unspecified atom stereocenters. The minimum Gasteiger partial charge on any atom is -0.483 e. The quantitative estimate of drug-likeness (QED) is 0.515. The van der Waals surface area contributed by atoms with Gasteiger partial charge in [-0.25, -0.2) is 12.4 Å². The Morgan fingerprint density at radius 2 is 2.00 bits per heavy atom. The zero-order chi connectivity index (χ0) is 25.0. The number of nitrogens with zero attached hydrogens (tertiary/aromatic N) is 4. The second kappa shape index (κ2) is 10.8. The largest absolute Gasteiger partial charge is 0.483 e. The summed E-state index contributed by atoms with van der Waals surface area (Å²) in [5, 5.41) is 6.89. The Kier molecular flexibility index (Phi) is 7.73. The number of ether oxygens (including phenoxy) is 1. The molecule has 5 rings (SSSR count). The molecule has 0 saturated carbocycles. The van der Waals surface area contributed by atoms with E-state index in [9.17, 15) is 8.42 Å². The number of carboxylic acid groups (broad SMARTS) is 1. The lowest BCUT2D eigenvalue weighted by Crippen LogP contribution is -2.26. The summed E-state index contributed by atoms with van der Waals surface area (Å²) in [6.45, 7) is 2.47. The zero-order valence-electron chi connectivity index (χ0n) is 20.1. The number of benzene rings is 1. The first-order chi connectivity index (χ1) is 16.9. The van der Waals surface area contributed by atoms with Gasteiger partial charge in [-0.3, -0.25) is 9.78 Å². The molecule has 1 aromatic carbocycles. The fourth-order valence-electron chi connectivity index (χ4n) is 5.04. The van der Waals surface area contributed by atoms with Crippen LogP contribution in [0.25, 0.3) is 11.0 Å². The number of likely N-dealkylation sites (N-methyl/N-ethyl adjacent to an activating group) is 1. The highest BCUT2D eigenvalue weighted by Gasteiger charge is 2.27. The lowest BCUT2D eigenvalue weighted by molar-refractivity contribution is -0.122. The third-order valence-corrected chi connectivity index (χ3v) is 8.62. The third-order valence-electron chi connectivity index (χ3n) is 6.95. The highest BCUT2D eigenvalue weighted by Crippen LogP contribution is 2.30. The van der Waals surface area contributed by atoms with Crippen LogP contribution >= 0.6 is 0 Å². The molecular formula is C25H32N4O5S. The van der Waals surface area contributed by atoms with Gasteiger partial charge in [0.15, 0.2) is 0 Å². The molecule has 2 aromatic heterocycles. The smallest absolute Gasteiger partial charge is 0.290 e. The van der Waals surface area contributed by atoms with E-state index in [1.54, 1.807) is 37.7 Å². The summed E-state index contributed by atoms with van der Waals surface area (Å²) < 4.78 is 34.3. The van der Waals surface area contributed by atoms with E-state index in [-0.39, 0.29) is 12.6 Å². The minimum absolute atomic E-state index is 0.186. The van der Waals surface area contributed by atoms with Crippen LogP contribution in [0.3, 0.4) is 0 Å². The average molecular weight is 501 g/mol. The number of methoxy groups -OCH3 is 1. The molecule has 2 atom stereocenters. The lowest BCUT2D eigenvalue weighted by Gasteiger charge is -2.19. The molecular weight excluding hydrogens is 468 g/mol. The lowest BCUT2D eigenvalue weighted by atomic mass is 10.1. The number of likely N-dealkylation sites (tertiary alicyclic amines) is 1. The molecule has 9 nitrogen and oxygen atoms in total. The number of hydrogen-bond acceptors (Lipinski definition) is 7. The normalized spacial score (nSPS) is 20.7. The molecule has 10 heteroatoms. The number of fused-ring (bicyclic) bond motifs is 1. The second-order valence-corrected chi connectivity index (χ2v) is 10.8. The van der Waals surface area contributed by atoms with Gasteiger partial charge < -0.3 is 19.6 Å². The van der Waals surface area contributed by atoms with Gasteiger partial charge in [-0.15, -0.1) is 0 Å². The fourth-order valence-corrected chi connectivity index (χ4v) is 6.46. The van der Waals surface area contributed by atoms with E-state index in [2.05, 4.69) is 21.8 Å². The van der Waals surface area contributed by atoms with Gasteiger partial charge in [0.25, 0.3) is 16.5 Å². The average Bonchev–Trinajstić information content (AvgIpc) is 3.59. The molecule has 0 bridgehead atoms. The van der Waals surface area contributed by atoms with Crippen molar-refractivity contribution in [1.82, 2.24) is 13.9 Å². The van der Waals surface area contributed by atoms with Crippen molar-refractivity contribution < 1.29 is 23.1 Å². The van der Waals surface area contributed by atoms with E-state index in [1.165, 1.54) is 10.4 Å². The molecule has 35 heavy (non-hydrogen) atoms. The predicted octanol–water partition coefficient (Wildman–Crippen LogP) is 2.84. The summed E-state index contributed by atoms with van der Waals surface area (Å²) in [6.07, 6.45) is 7.76. The molecule has 0 spiro atoms. The van der Waals surface area contributed by atoms with E-state index in [0.717, 1.165) is 55.7 Å². The van der Waals surface area contributed by atoms with E-state index in [4.69, 9.17) is 14.6 Å². The molecule has 4 heterocycles. The van der Waals surface area contributed by atoms with Crippen molar-refractivity contribution in [1.29, 1.82) is 0 Å². The van der Waals surface area contributed by atoms with Gasteiger partial charge in [-0.1, -0.05) is 6.07 Å².